The fourth-order valence-electron chi connectivity index (χ4n) is 11.9. The molecule has 490 valence electrons. The summed E-state index contributed by atoms with van der Waals surface area (Å²) in [5.74, 6) is 0. The van der Waals surface area contributed by atoms with Crippen LogP contribution in [-0.2, 0) is 99.5 Å². The summed E-state index contributed by atoms with van der Waals surface area (Å²) in [5.41, 5.74) is 0. The highest BCUT2D eigenvalue weighted by atomic mass is 127. The van der Waals surface area contributed by atoms with E-state index in [9.17, 15) is 35.7 Å². The van der Waals surface area contributed by atoms with Crippen molar-refractivity contribution in [3.05, 3.63) is 0 Å². The van der Waals surface area contributed by atoms with Crippen molar-refractivity contribution in [2.24, 2.45) is 0 Å². The van der Waals surface area contributed by atoms with Gasteiger partial charge in [0, 0.05) is 80.8 Å². The second-order valence-corrected chi connectivity index (χ2v) is 27.1. The molecule has 35 heteroatoms. The van der Waals surface area contributed by atoms with Gasteiger partial charge in [-0.1, -0.05) is 158 Å². The fourth-order valence-corrected chi connectivity index (χ4v) is 16.9. The molecule has 15 aliphatic heterocycles. The fraction of sp³-hybridized carbons (Fsp3) is 1.00. The van der Waals surface area contributed by atoms with Crippen LogP contribution in [0, 0.1) is 0 Å². The highest BCUT2D eigenvalue weighted by molar-refractivity contribution is 14.1. The molecule has 0 aliphatic carbocycles. The lowest BCUT2D eigenvalue weighted by atomic mass is 9.95. The molecule has 15 aliphatic rings. The lowest BCUT2D eigenvalue weighted by Crippen LogP contribution is -2.68. The van der Waals surface area contributed by atoms with Crippen LogP contribution in [0.15, 0.2) is 0 Å². The van der Waals surface area contributed by atoms with Gasteiger partial charge in [-0.15, -0.1) is 0 Å². The summed E-state index contributed by atoms with van der Waals surface area (Å²) < 4.78 is 134. The molecule has 0 aromatic carbocycles. The average Bonchev–Trinajstić information content (AvgIpc) is 2.12. The number of rotatable bonds is 14. The molecule has 7 N–H and O–H groups in total. The summed E-state index contributed by atoms with van der Waals surface area (Å²) in [6, 6.07) is 0. The van der Waals surface area contributed by atoms with E-state index in [2.05, 4.69) is 158 Å². The molecule has 28 nitrogen and oxygen atoms in total. The van der Waals surface area contributed by atoms with Gasteiger partial charge in [0.2, 0.25) is 0 Å². The van der Waals surface area contributed by atoms with E-state index in [1.807, 2.05) is 0 Å². The number of ether oxygens (including phenoxy) is 21. The monoisotopic (exact) mass is 2000 g/mol. The Bertz CT molecular complexity index is 1610. The minimum absolute atomic E-state index is 0.246. The third-order valence-electron chi connectivity index (χ3n) is 16.3. The van der Waals surface area contributed by atoms with Gasteiger partial charge in [0.25, 0.3) is 0 Å². The Hall–Kier alpha value is 3.99. The smallest absolute Gasteiger partial charge is 0.187 e. The number of aliphatic hydroxyl groups excluding tert-OH is 7. The summed E-state index contributed by atoms with van der Waals surface area (Å²) in [4.78, 5) is 0. The predicted octanol–water partition coefficient (Wildman–Crippen LogP) is -0.553. The van der Waals surface area contributed by atoms with Crippen molar-refractivity contribution in [3.63, 3.8) is 0 Å². The molecule has 14 bridgehead atoms. The molecular weight excluding hydrogens is 1920 g/mol. The lowest BCUT2D eigenvalue weighted by molar-refractivity contribution is -0.391. The van der Waals surface area contributed by atoms with Crippen molar-refractivity contribution in [1.82, 2.24) is 0 Å². The maximum Gasteiger partial charge on any atom is 0.187 e. The third kappa shape index (κ3) is 15.5. The topological polar surface area (TPSA) is 335 Å². The Morgan fingerprint density at radius 2 is 0.321 bits per heavy atom. The minimum Gasteiger partial charge on any atom is -0.387 e. The molecule has 84 heavy (non-hydrogen) atoms. The van der Waals surface area contributed by atoms with Crippen molar-refractivity contribution < 1.29 is 135 Å². The van der Waals surface area contributed by atoms with Crippen LogP contribution in [0.1, 0.15) is 0 Å². The highest BCUT2D eigenvalue weighted by Crippen LogP contribution is 2.42. The SMILES string of the molecule is CO[C@H]1[C@H]2O[C@H]3[C@H](O)[C@@H](OC)[C@@H](O[C@H]4[C@H](O)[C@@H](OC)[C@@H](O[C@H]5[C@H](O)[C@@H](OC)[C@@H](O[C@H]6[C@H](O)[C@@H](OC)[C@@H](O[C@H]7[C@H](O)[C@@H](OC)[C@@H](O[C@H]8[C@H](O)[C@@H](OC)[C@@H](O[C@@H]([C@@H]1O)[C@@H](CI)O2)O[C@@H]8CI)O[C@@H]7CI)O[C@@H]6CI)O[C@@H]5CI)O[C@@H]4CI)O[C@@H]3CI. The first-order valence-electron chi connectivity index (χ1n) is 27.0. The Morgan fingerprint density at radius 3 is 0.405 bits per heavy atom. The summed E-state index contributed by atoms with van der Waals surface area (Å²) >= 11 is 14.6. The first-order valence-corrected chi connectivity index (χ1v) is 37.7. The van der Waals surface area contributed by atoms with Gasteiger partial charge in [0.1, 0.15) is 128 Å². The van der Waals surface area contributed by atoms with Crippen LogP contribution in [0.3, 0.4) is 0 Å². The molecule has 0 radical (unpaired) electrons. The summed E-state index contributed by atoms with van der Waals surface area (Å²) in [6.07, 6.45) is -42.4. The van der Waals surface area contributed by atoms with Crippen LogP contribution in [0.25, 0.3) is 0 Å². The molecule has 0 amide bonds. The largest absolute Gasteiger partial charge is 0.387 e. The van der Waals surface area contributed by atoms with Crippen LogP contribution < -0.4 is 0 Å². The van der Waals surface area contributed by atoms with E-state index >= 15 is 0 Å². The number of halogens is 7. The Balaban J connectivity index is 1.13. The maximum absolute atomic E-state index is 12.2. The highest BCUT2D eigenvalue weighted by Gasteiger charge is 2.60. The number of hydrogen-bond acceptors (Lipinski definition) is 28. The Morgan fingerprint density at radius 1 is 0.214 bits per heavy atom. The van der Waals surface area contributed by atoms with Crippen LogP contribution in [0.5, 0.6) is 0 Å². The van der Waals surface area contributed by atoms with Crippen molar-refractivity contribution in [2.75, 3.05) is 80.8 Å². The van der Waals surface area contributed by atoms with Crippen LogP contribution in [0.4, 0.5) is 0 Å². The lowest BCUT2D eigenvalue weighted by Gasteiger charge is -2.51. The van der Waals surface area contributed by atoms with E-state index in [0.717, 1.165) is 0 Å². The summed E-state index contributed by atoms with van der Waals surface area (Å²) in [6.45, 7) is 0. The Kier molecular flexibility index (Phi) is 30.1. The molecular formula is C49H77I7O28. The molecule has 15 fully saturated rings. The standard InChI is InChI=1S/C49H77I7O28/c1-64-36-22(57)29-15(8-50)71-43(36)78-30-16(9-51)72-45(37(65-2)23(30)58)80-32-18(11-53)74-47(39(67-4)25(32)60)82-34-20(13-55)76-49(41(69-6)27(34)62)84-35-21(14-56)77-48(42(70-7)28(35)63)83-33-19(12-54)75-46(40(68-5)26(33)61)81-31-17(10-52)73-44(79-29)38(66-3)24(31)59/h15-49,57-63H,8-14H2,1-7H3/t15-,16-,17-,18-,19-,20-,21-,22+,23+,24+,25+,26+,27+,28+,29-,30-,31-,32-,33-,34-,35-,36-,37-,38-,39-,40-,41-,42-,43-,44-,45-,46-,47-,48-,49-/m1/s1. The van der Waals surface area contributed by atoms with Gasteiger partial charge >= 0.3 is 0 Å². The molecule has 0 unspecified atom stereocenters. The van der Waals surface area contributed by atoms with Gasteiger partial charge in [0.15, 0.2) is 44.0 Å². The number of alkyl halides is 7. The van der Waals surface area contributed by atoms with Crippen LogP contribution in [0.2, 0.25) is 0 Å². The first kappa shape index (κ1) is 73.8. The zero-order chi connectivity index (χ0) is 61.0. The number of aliphatic hydroxyl groups is 7. The number of hydrogen-bond donors (Lipinski definition) is 7. The van der Waals surface area contributed by atoms with Gasteiger partial charge in [-0.3, -0.25) is 0 Å². The van der Waals surface area contributed by atoms with Gasteiger partial charge in [-0.2, -0.15) is 0 Å². The zero-order valence-electron chi connectivity index (χ0n) is 46.5. The van der Waals surface area contributed by atoms with Gasteiger partial charge in [-0.05, 0) is 0 Å². The van der Waals surface area contributed by atoms with Crippen molar-refractivity contribution in [1.29, 1.82) is 0 Å². The van der Waals surface area contributed by atoms with E-state index in [0.29, 0.717) is 0 Å². The molecule has 0 aromatic heterocycles. The molecule has 15 saturated heterocycles. The van der Waals surface area contributed by atoms with Gasteiger partial charge in [0.05, 0.1) is 42.7 Å². The van der Waals surface area contributed by atoms with Crippen LogP contribution >= 0.6 is 158 Å². The normalized spacial score (nSPS) is 51.8. The maximum atomic E-state index is 12.2. The Labute approximate surface area is 582 Å². The van der Waals surface area contributed by atoms with Crippen molar-refractivity contribution >= 4 is 158 Å². The van der Waals surface area contributed by atoms with E-state index in [-0.39, 0.29) is 31.0 Å². The molecule has 35 atom stereocenters. The predicted molar refractivity (Wildman–Crippen MR) is 345 cm³/mol. The number of fused-ring (bicyclic) bond motifs is 7. The minimum atomic E-state index is -1.46. The van der Waals surface area contributed by atoms with E-state index < -0.39 is 215 Å². The van der Waals surface area contributed by atoms with E-state index in [1.54, 1.807) is 0 Å². The van der Waals surface area contributed by atoms with E-state index in [1.165, 1.54) is 49.8 Å². The summed E-state index contributed by atoms with van der Waals surface area (Å²) in [7, 11) is 9.51. The summed E-state index contributed by atoms with van der Waals surface area (Å²) in [5, 5.41) is 85.4. The van der Waals surface area contributed by atoms with Crippen molar-refractivity contribution in [3.8, 4) is 0 Å². The second kappa shape index (κ2) is 34.3. The quantitative estimate of drug-likeness (QED) is 0.0847. The molecule has 15 rings (SSSR count). The van der Waals surface area contributed by atoms with Gasteiger partial charge < -0.3 is 135 Å². The third-order valence-corrected chi connectivity index (χ3v) is 22.4. The zero-order valence-corrected chi connectivity index (χ0v) is 61.6. The molecule has 15 heterocycles. The van der Waals surface area contributed by atoms with Crippen molar-refractivity contribution in [2.45, 2.75) is 215 Å². The average molecular weight is 2000 g/mol. The number of methoxy groups -OCH3 is 7. The molecule has 0 spiro atoms. The van der Waals surface area contributed by atoms with Gasteiger partial charge in [-0.25, -0.2) is 0 Å². The molecule has 0 aromatic rings. The molecule has 0 saturated carbocycles. The second-order valence-electron chi connectivity index (χ2n) is 20.9. The van der Waals surface area contributed by atoms with Crippen LogP contribution in [-0.4, -0.2) is 331 Å². The van der Waals surface area contributed by atoms with E-state index in [4.69, 9.17) is 99.5 Å². The first-order chi connectivity index (χ1) is 40.4.